The smallest absolute Gasteiger partial charge is 0.242 e. The largest absolute Gasteiger partial charge is 0.341 e. The zero-order valence-corrected chi connectivity index (χ0v) is 13.7. The van der Waals surface area contributed by atoms with Crippen molar-refractivity contribution in [2.75, 3.05) is 13.1 Å². The molecule has 0 bridgehead atoms. The molecular weight excluding hydrogens is 337 g/mol. The van der Waals surface area contributed by atoms with E-state index in [1.54, 1.807) is 4.90 Å². The van der Waals surface area contributed by atoms with Crippen molar-refractivity contribution in [1.82, 2.24) is 14.6 Å². The van der Waals surface area contributed by atoms with E-state index in [2.05, 4.69) is 9.71 Å². The minimum Gasteiger partial charge on any atom is -0.341 e. The van der Waals surface area contributed by atoms with Crippen molar-refractivity contribution in [1.29, 1.82) is 0 Å². The number of aromatic nitrogens is 1. The Hall–Kier alpha value is -0.890. The van der Waals surface area contributed by atoms with Crippen LogP contribution in [0.4, 0.5) is 0 Å². The quantitative estimate of drug-likeness (QED) is 0.837. The van der Waals surface area contributed by atoms with Crippen molar-refractivity contribution >= 4 is 39.1 Å². The zero-order chi connectivity index (χ0) is 15.6. The first-order valence-corrected chi connectivity index (χ1v) is 8.67. The maximum absolute atomic E-state index is 12.2. The van der Waals surface area contributed by atoms with Crippen molar-refractivity contribution < 1.29 is 13.2 Å². The zero-order valence-electron chi connectivity index (χ0n) is 11.3. The highest BCUT2D eigenvalue weighted by Gasteiger charge is 2.27. The molecule has 116 valence electrons. The summed E-state index contributed by atoms with van der Waals surface area (Å²) < 4.78 is 26.7. The van der Waals surface area contributed by atoms with Gasteiger partial charge in [-0.25, -0.2) is 13.4 Å². The van der Waals surface area contributed by atoms with Gasteiger partial charge < -0.3 is 4.90 Å². The van der Waals surface area contributed by atoms with E-state index in [0.717, 1.165) is 19.0 Å². The number of nitrogens with zero attached hydrogens (tertiary/aromatic N) is 2. The fraction of sp³-hybridized carbons (Fsp3) is 0.500. The first-order valence-electron chi connectivity index (χ1n) is 6.43. The second-order valence-electron chi connectivity index (χ2n) is 4.82. The number of amides is 1. The Morgan fingerprint density at radius 3 is 2.57 bits per heavy atom. The van der Waals surface area contributed by atoms with Crippen molar-refractivity contribution in [3.05, 3.63) is 22.4 Å². The summed E-state index contributed by atoms with van der Waals surface area (Å²) in [5.41, 5.74) is 0. The number of sulfonamides is 1. The Morgan fingerprint density at radius 2 is 2.00 bits per heavy atom. The van der Waals surface area contributed by atoms with Gasteiger partial charge in [0.05, 0.1) is 11.1 Å². The number of nitrogens with one attached hydrogen (secondary N) is 1. The monoisotopic (exact) mass is 351 g/mol. The number of pyridine rings is 1. The summed E-state index contributed by atoms with van der Waals surface area (Å²) in [6.45, 7) is 2.85. The SMILES string of the molecule is CC(NS(=O)(=O)c1cnc(Cl)c(Cl)c1)C(=O)N1CCCC1. The highest BCUT2D eigenvalue weighted by atomic mass is 35.5. The molecule has 1 amide bonds. The number of carbonyl (C=O) groups is 1. The fourth-order valence-electron chi connectivity index (χ4n) is 2.11. The fourth-order valence-corrected chi connectivity index (χ4v) is 3.61. The number of halogens is 2. The van der Waals surface area contributed by atoms with Crippen LogP contribution < -0.4 is 4.72 Å². The highest BCUT2D eigenvalue weighted by Crippen LogP contribution is 2.22. The summed E-state index contributed by atoms with van der Waals surface area (Å²) in [4.78, 5) is 17.3. The Balaban J connectivity index is 2.12. The highest BCUT2D eigenvalue weighted by molar-refractivity contribution is 7.89. The van der Waals surface area contributed by atoms with Gasteiger partial charge in [0.2, 0.25) is 15.9 Å². The second kappa shape index (κ2) is 6.48. The van der Waals surface area contributed by atoms with Crippen LogP contribution in [-0.4, -0.2) is 43.3 Å². The molecule has 1 fully saturated rings. The van der Waals surface area contributed by atoms with E-state index in [0.29, 0.717) is 13.1 Å². The molecule has 2 heterocycles. The lowest BCUT2D eigenvalue weighted by atomic mass is 10.3. The summed E-state index contributed by atoms with van der Waals surface area (Å²) in [7, 11) is -3.88. The Bertz CT molecular complexity index is 645. The van der Waals surface area contributed by atoms with Gasteiger partial charge in [-0.15, -0.1) is 0 Å². The number of likely N-dealkylation sites (tertiary alicyclic amines) is 1. The van der Waals surface area contributed by atoms with Crippen molar-refractivity contribution in [3.63, 3.8) is 0 Å². The van der Waals surface area contributed by atoms with E-state index in [1.807, 2.05) is 0 Å². The van der Waals surface area contributed by atoms with Crippen LogP contribution in [-0.2, 0) is 14.8 Å². The first-order chi connectivity index (χ1) is 9.81. The second-order valence-corrected chi connectivity index (χ2v) is 7.30. The third-order valence-corrected chi connectivity index (χ3v) is 5.40. The van der Waals surface area contributed by atoms with Gasteiger partial charge in [-0.05, 0) is 25.8 Å². The van der Waals surface area contributed by atoms with E-state index in [1.165, 1.54) is 13.0 Å². The predicted octanol–water partition coefficient (Wildman–Crippen LogP) is 1.68. The third-order valence-electron chi connectivity index (χ3n) is 3.20. The summed E-state index contributed by atoms with van der Waals surface area (Å²) in [5.74, 6) is -0.232. The van der Waals surface area contributed by atoms with E-state index in [9.17, 15) is 13.2 Å². The molecule has 1 aliphatic rings. The minimum absolute atomic E-state index is 0.0248. The van der Waals surface area contributed by atoms with Crippen LogP contribution in [0.2, 0.25) is 10.2 Å². The summed E-state index contributed by atoms with van der Waals surface area (Å²) in [6, 6.07) is 0.356. The molecule has 1 N–H and O–H groups in total. The van der Waals surface area contributed by atoms with Crippen molar-refractivity contribution in [2.24, 2.45) is 0 Å². The summed E-state index contributed by atoms with van der Waals surface area (Å²) in [5, 5.41) is 0.0647. The van der Waals surface area contributed by atoms with Gasteiger partial charge in [-0.3, -0.25) is 4.79 Å². The first kappa shape index (κ1) is 16.5. The van der Waals surface area contributed by atoms with Crippen molar-refractivity contribution in [2.45, 2.75) is 30.7 Å². The molecule has 0 aromatic carbocycles. The Labute approximate surface area is 133 Å². The van der Waals surface area contributed by atoms with Crippen LogP contribution in [0.25, 0.3) is 0 Å². The number of hydrogen-bond donors (Lipinski definition) is 1. The van der Waals surface area contributed by atoms with Crippen molar-refractivity contribution in [3.8, 4) is 0 Å². The van der Waals surface area contributed by atoms with Gasteiger partial charge in [-0.1, -0.05) is 23.2 Å². The van der Waals surface area contributed by atoms with E-state index in [-0.39, 0.29) is 21.0 Å². The number of hydrogen-bond acceptors (Lipinski definition) is 4. The molecule has 1 unspecified atom stereocenters. The molecular formula is C12H15Cl2N3O3S. The maximum atomic E-state index is 12.2. The summed E-state index contributed by atoms with van der Waals surface area (Å²) >= 11 is 11.4. The Kier molecular flexibility index (Phi) is 5.08. The summed E-state index contributed by atoms with van der Waals surface area (Å²) in [6.07, 6.45) is 2.99. The average molecular weight is 352 g/mol. The molecule has 0 radical (unpaired) electrons. The van der Waals surface area contributed by atoms with Gasteiger partial charge >= 0.3 is 0 Å². The molecule has 1 atom stereocenters. The maximum Gasteiger partial charge on any atom is 0.242 e. The lowest BCUT2D eigenvalue weighted by Crippen LogP contribution is -2.45. The molecule has 1 saturated heterocycles. The van der Waals surface area contributed by atoms with Gasteiger partial charge in [0, 0.05) is 19.3 Å². The molecule has 2 rings (SSSR count). The lowest BCUT2D eigenvalue weighted by Gasteiger charge is -2.21. The minimum atomic E-state index is -3.88. The molecule has 9 heteroatoms. The molecule has 21 heavy (non-hydrogen) atoms. The third kappa shape index (κ3) is 3.85. The van der Waals surface area contributed by atoms with Gasteiger partial charge in [-0.2, -0.15) is 4.72 Å². The molecule has 1 aromatic heterocycles. The van der Waals surface area contributed by atoms with Gasteiger partial charge in [0.1, 0.15) is 10.0 Å². The number of rotatable bonds is 4. The van der Waals surface area contributed by atoms with Crippen LogP contribution in [0.1, 0.15) is 19.8 Å². The average Bonchev–Trinajstić information content (AvgIpc) is 2.94. The molecule has 0 saturated carbocycles. The van der Waals surface area contributed by atoms with Gasteiger partial charge in [0.15, 0.2) is 0 Å². The van der Waals surface area contributed by atoms with E-state index in [4.69, 9.17) is 23.2 Å². The molecule has 6 nitrogen and oxygen atoms in total. The number of carbonyl (C=O) groups excluding carboxylic acids is 1. The molecule has 1 aromatic rings. The van der Waals surface area contributed by atoms with Crippen LogP contribution >= 0.6 is 23.2 Å². The van der Waals surface area contributed by atoms with Crippen LogP contribution in [0.3, 0.4) is 0 Å². The molecule has 1 aliphatic heterocycles. The standard InChI is InChI=1S/C12H15Cl2N3O3S/c1-8(12(18)17-4-2-3-5-17)16-21(19,20)9-6-10(13)11(14)15-7-9/h6-8,16H,2-5H2,1H3. The Morgan fingerprint density at radius 1 is 1.38 bits per heavy atom. The van der Waals surface area contributed by atoms with Crippen LogP contribution in [0, 0.1) is 0 Å². The molecule has 0 spiro atoms. The topological polar surface area (TPSA) is 79.4 Å². The van der Waals surface area contributed by atoms with Crippen LogP contribution in [0.5, 0.6) is 0 Å². The van der Waals surface area contributed by atoms with E-state index < -0.39 is 16.1 Å². The van der Waals surface area contributed by atoms with E-state index >= 15 is 0 Å². The normalized spacial score (nSPS) is 17.0. The van der Waals surface area contributed by atoms with Crippen LogP contribution in [0.15, 0.2) is 17.2 Å². The predicted molar refractivity (Wildman–Crippen MR) is 79.9 cm³/mol. The lowest BCUT2D eigenvalue weighted by molar-refractivity contribution is -0.131. The van der Waals surface area contributed by atoms with Gasteiger partial charge in [0.25, 0.3) is 0 Å². The molecule has 0 aliphatic carbocycles.